The van der Waals surface area contributed by atoms with E-state index in [-0.39, 0.29) is 24.4 Å². The summed E-state index contributed by atoms with van der Waals surface area (Å²) in [5.74, 6) is -1.40. The highest BCUT2D eigenvalue weighted by atomic mass is 35.5. The molecule has 10 nitrogen and oxygen atoms in total. The predicted octanol–water partition coefficient (Wildman–Crippen LogP) is 1.75. The molecule has 186 valence electrons. The third-order valence-electron chi connectivity index (χ3n) is 6.04. The quantitative estimate of drug-likeness (QED) is 0.0912. The fraction of sp³-hybridized carbons (Fsp3) is 0.333. The van der Waals surface area contributed by atoms with Crippen LogP contribution in [0.1, 0.15) is 36.1 Å². The zero-order chi connectivity index (χ0) is 25.9. The molecule has 3 unspecified atom stereocenters. The molecule has 3 rings (SSSR count). The van der Waals surface area contributed by atoms with E-state index in [1.54, 1.807) is 54.5 Å². The third-order valence-corrected chi connectivity index (χ3v) is 6.68. The molecule has 0 aliphatic carbocycles. The highest BCUT2D eigenvalue weighted by molar-refractivity contribution is 6.50. The predicted molar refractivity (Wildman–Crippen MR) is 137 cm³/mol. The maximum absolute atomic E-state index is 13.1. The lowest BCUT2D eigenvalue weighted by atomic mass is 9.66. The van der Waals surface area contributed by atoms with E-state index in [1.165, 1.54) is 0 Å². The van der Waals surface area contributed by atoms with Crippen LogP contribution in [0.5, 0.6) is 0 Å². The summed E-state index contributed by atoms with van der Waals surface area (Å²) < 4.78 is 5.91. The van der Waals surface area contributed by atoms with E-state index in [2.05, 4.69) is 5.10 Å². The minimum absolute atomic E-state index is 0.0225. The Morgan fingerprint density at radius 1 is 1.17 bits per heavy atom. The van der Waals surface area contributed by atoms with E-state index in [0.717, 1.165) is 5.56 Å². The first-order chi connectivity index (χ1) is 16.5. The number of benzene rings is 2. The van der Waals surface area contributed by atoms with Crippen molar-refractivity contribution in [3.63, 3.8) is 0 Å². The fourth-order valence-corrected chi connectivity index (χ4v) is 4.73. The van der Waals surface area contributed by atoms with Gasteiger partial charge < -0.3 is 27.7 Å². The van der Waals surface area contributed by atoms with Gasteiger partial charge in [0.25, 0.3) is 0 Å². The van der Waals surface area contributed by atoms with Crippen LogP contribution in [-0.4, -0.2) is 47.4 Å². The van der Waals surface area contributed by atoms with Crippen molar-refractivity contribution in [3.05, 3.63) is 59.2 Å². The monoisotopic (exact) mass is 499 g/mol. The number of esters is 1. The number of carbonyl (C=O) groups excluding carboxylic acids is 2. The number of amidine groups is 1. The number of carbonyl (C=O) groups is 2. The molecule has 0 aromatic heterocycles. The number of anilines is 2. The number of amides is 1. The number of nitrogens with zero attached hydrogens (tertiary/aromatic N) is 2. The lowest BCUT2D eigenvalue weighted by molar-refractivity contribution is -0.155. The van der Waals surface area contributed by atoms with Crippen LogP contribution in [0.2, 0.25) is 0 Å². The van der Waals surface area contributed by atoms with Gasteiger partial charge in [-0.3, -0.25) is 15.2 Å². The van der Waals surface area contributed by atoms with Gasteiger partial charge in [0.2, 0.25) is 5.91 Å². The molecular weight excluding hydrogens is 470 g/mol. The van der Waals surface area contributed by atoms with E-state index in [4.69, 9.17) is 44.7 Å². The maximum Gasteiger partial charge on any atom is 0.356 e. The number of alkyl halides is 1. The molecule has 1 heterocycles. The van der Waals surface area contributed by atoms with Crippen LogP contribution >= 0.6 is 11.6 Å². The average Bonchev–Trinajstić information content (AvgIpc) is 2.78. The molecule has 1 saturated heterocycles. The summed E-state index contributed by atoms with van der Waals surface area (Å²) >= 11 is 7.02. The maximum atomic E-state index is 13.1. The van der Waals surface area contributed by atoms with Gasteiger partial charge in [0.15, 0.2) is 5.71 Å². The van der Waals surface area contributed by atoms with Crippen molar-refractivity contribution in [1.29, 1.82) is 5.41 Å². The standard InChI is InChI=1S/C24H30ClN7O3/c1-3-32(2)31-19-20(25)24(12-18(28)33,11-13-4-6-14(7-5-13)22(29)30)21(35-23(19)34)15-8-16(26)10-17(27)9-15/h4-10,20-21H,3,11-12,26-27H2,1-2H3,(H2,28,33)(H3,29,30). The molecule has 9 N–H and O–H groups in total. The summed E-state index contributed by atoms with van der Waals surface area (Å²) in [6, 6.07) is 11.8. The molecule has 11 heteroatoms. The van der Waals surface area contributed by atoms with Gasteiger partial charge in [0.05, 0.1) is 5.38 Å². The number of nitrogen functional groups attached to an aromatic ring is 3. The first-order valence-electron chi connectivity index (χ1n) is 11.0. The smallest absolute Gasteiger partial charge is 0.356 e. The average molecular weight is 500 g/mol. The summed E-state index contributed by atoms with van der Waals surface area (Å²) in [5, 5.41) is 12.5. The Bertz CT molecular complexity index is 1150. The first-order valence-corrected chi connectivity index (χ1v) is 11.4. The first kappa shape index (κ1) is 25.8. The van der Waals surface area contributed by atoms with Gasteiger partial charge in [-0.25, -0.2) is 4.79 Å². The van der Waals surface area contributed by atoms with Crippen LogP contribution < -0.4 is 22.9 Å². The number of nitrogens with one attached hydrogen (secondary N) is 1. The van der Waals surface area contributed by atoms with Crippen molar-refractivity contribution in [2.24, 2.45) is 22.0 Å². The lowest BCUT2D eigenvalue weighted by Gasteiger charge is -2.46. The number of hydrazone groups is 1. The molecule has 1 aliphatic rings. The molecule has 1 amide bonds. The van der Waals surface area contributed by atoms with Crippen molar-refractivity contribution in [2.75, 3.05) is 25.1 Å². The van der Waals surface area contributed by atoms with Crippen LogP contribution in [0, 0.1) is 10.8 Å². The third kappa shape index (κ3) is 5.48. The Kier molecular flexibility index (Phi) is 7.54. The lowest BCUT2D eigenvalue weighted by Crippen LogP contribution is -2.54. The Morgan fingerprint density at radius 2 is 1.77 bits per heavy atom. The number of rotatable bonds is 8. The largest absolute Gasteiger partial charge is 0.452 e. The summed E-state index contributed by atoms with van der Waals surface area (Å²) in [7, 11) is 1.70. The highest BCUT2D eigenvalue weighted by Gasteiger charge is 2.56. The Labute approximate surface area is 208 Å². The van der Waals surface area contributed by atoms with Gasteiger partial charge in [-0.1, -0.05) is 24.3 Å². The Morgan fingerprint density at radius 3 is 2.29 bits per heavy atom. The Hall–Kier alpha value is -3.79. The summed E-state index contributed by atoms with van der Waals surface area (Å²) in [4.78, 5) is 25.5. The van der Waals surface area contributed by atoms with Crippen LogP contribution in [0.15, 0.2) is 47.6 Å². The van der Waals surface area contributed by atoms with E-state index >= 15 is 0 Å². The minimum Gasteiger partial charge on any atom is -0.452 e. The normalized spacial score (nSPS) is 23.1. The molecule has 3 atom stereocenters. The van der Waals surface area contributed by atoms with Gasteiger partial charge in [-0.2, -0.15) is 5.10 Å². The molecule has 1 aliphatic heterocycles. The molecule has 2 aromatic carbocycles. The summed E-state index contributed by atoms with van der Waals surface area (Å²) in [6.07, 6.45) is -1.00. The van der Waals surface area contributed by atoms with Gasteiger partial charge in [-0.15, -0.1) is 11.6 Å². The van der Waals surface area contributed by atoms with Crippen molar-refractivity contribution < 1.29 is 14.3 Å². The SMILES string of the molecule is CCN(C)N=C1C(=O)OC(c2cc(N)cc(N)c2)C(CC(N)=O)(Cc2ccc(C(=N)N)cc2)C1Cl. The molecule has 0 bridgehead atoms. The molecule has 35 heavy (non-hydrogen) atoms. The van der Waals surface area contributed by atoms with E-state index in [1.807, 2.05) is 6.92 Å². The minimum atomic E-state index is -1.22. The number of nitrogens with two attached hydrogens (primary N) is 4. The molecule has 2 aromatic rings. The van der Waals surface area contributed by atoms with Crippen molar-refractivity contribution >= 4 is 46.4 Å². The zero-order valence-electron chi connectivity index (χ0n) is 19.6. The topological polar surface area (TPSA) is 187 Å². The molecule has 0 radical (unpaired) electrons. The number of halogens is 1. The Balaban J connectivity index is 2.22. The van der Waals surface area contributed by atoms with Gasteiger partial charge >= 0.3 is 5.97 Å². The van der Waals surface area contributed by atoms with E-state index < -0.39 is 28.8 Å². The van der Waals surface area contributed by atoms with Gasteiger partial charge in [0.1, 0.15) is 11.9 Å². The molecular formula is C24H30ClN7O3. The van der Waals surface area contributed by atoms with Gasteiger partial charge in [-0.05, 0) is 42.7 Å². The molecule has 1 fully saturated rings. The number of ether oxygens (including phenoxy) is 1. The van der Waals surface area contributed by atoms with Crippen LogP contribution in [0.3, 0.4) is 0 Å². The fourth-order valence-electron chi connectivity index (χ4n) is 4.33. The number of primary amides is 1. The summed E-state index contributed by atoms with van der Waals surface area (Å²) in [5.41, 5.74) is 24.6. The zero-order valence-corrected chi connectivity index (χ0v) is 20.4. The number of cyclic esters (lactones) is 1. The summed E-state index contributed by atoms with van der Waals surface area (Å²) in [6.45, 7) is 2.39. The van der Waals surface area contributed by atoms with Crippen molar-refractivity contribution in [2.45, 2.75) is 31.2 Å². The van der Waals surface area contributed by atoms with E-state index in [0.29, 0.717) is 29.0 Å². The molecule has 0 saturated carbocycles. The van der Waals surface area contributed by atoms with E-state index in [9.17, 15) is 9.59 Å². The van der Waals surface area contributed by atoms with Crippen molar-refractivity contribution in [3.8, 4) is 0 Å². The second kappa shape index (κ2) is 10.2. The van der Waals surface area contributed by atoms with Crippen LogP contribution in [-0.2, 0) is 20.7 Å². The number of hydrogen-bond donors (Lipinski definition) is 5. The number of hydrogen-bond acceptors (Lipinski definition) is 8. The highest BCUT2D eigenvalue weighted by Crippen LogP contribution is 2.51. The van der Waals surface area contributed by atoms with Gasteiger partial charge in [0, 0.05) is 42.4 Å². The molecule has 0 spiro atoms. The van der Waals surface area contributed by atoms with Crippen molar-refractivity contribution in [1.82, 2.24) is 5.01 Å². The van der Waals surface area contributed by atoms with Crippen LogP contribution in [0.4, 0.5) is 11.4 Å². The second-order valence-electron chi connectivity index (χ2n) is 8.70. The second-order valence-corrected chi connectivity index (χ2v) is 9.14. The van der Waals surface area contributed by atoms with Crippen LogP contribution in [0.25, 0.3) is 0 Å².